The van der Waals surface area contributed by atoms with E-state index in [9.17, 15) is 8.42 Å². The fourth-order valence-electron chi connectivity index (χ4n) is 3.76. The summed E-state index contributed by atoms with van der Waals surface area (Å²) in [7, 11) is -2.26. The van der Waals surface area contributed by atoms with Gasteiger partial charge in [0.25, 0.3) is 0 Å². The Morgan fingerprint density at radius 1 is 1.17 bits per heavy atom. The minimum Gasteiger partial charge on any atom is -0.495 e. The molecule has 3 aromatic rings. The van der Waals surface area contributed by atoms with Crippen molar-refractivity contribution in [2.24, 2.45) is 0 Å². The minimum atomic E-state index is -3.71. The molecule has 9 nitrogen and oxygen atoms in total. The molecule has 1 aromatic carbocycles. The first-order chi connectivity index (χ1) is 14.5. The van der Waals surface area contributed by atoms with Crippen molar-refractivity contribution < 1.29 is 13.2 Å². The SMILES string of the molecule is COc1ccc(C)cc1S(=O)(=O)NCCn1ncc2c(N3CCCCC3)ncnc21. The van der Waals surface area contributed by atoms with Crippen LogP contribution in [0.1, 0.15) is 24.8 Å². The van der Waals surface area contributed by atoms with Crippen LogP contribution in [0.5, 0.6) is 5.75 Å². The van der Waals surface area contributed by atoms with Crippen molar-refractivity contribution in [1.29, 1.82) is 0 Å². The van der Waals surface area contributed by atoms with Crippen LogP contribution >= 0.6 is 0 Å². The standard InChI is InChI=1S/C20H26N6O3S/c1-15-6-7-17(29-2)18(12-15)30(27,28)24-8-11-26-20-16(13-23-26)19(21-14-22-20)25-9-4-3-5-10-25/h6-7,12-14,24H,3-5,8-11H2,1-2H3. The summed E-state index contributed by atoms with van der Waals surface area (Å²) in [4.78, 5) is 11.2. The summed E-state index contributed by atoms with van der Waals surface area (Å²) < 4.78 is 35.1. The molecular formula is C20H26N6O3S. The fraction of sp³-hybridized carbons (Fsp3) is 0.450. The molecule has 1 aliphatic heterocycles. The quantitative estimate of drug-likeness (QED) is 0.612. The van der Waals surface area contributed by atoms with E-state index in [1.807, 2.05) is 13.0 Å². The van der Waals surface area contributed by atoms with Gasteiger partial charge in [0.15, 0.2) is 5.65 Å². The predicted octanol–water partition coefficient (Wildman–Crippen LogP) is 2.11. The maximum atomic E-state index is 12.8. The third kappa shape index (κ3) is 4.10. The number of piperidine rings is 1. The number of methoxy groups -OCH3 is 1. The monoisotopic (exact) mass is 430 g/mol. The van der Waals surface area contributed by atoms with Gasteiger partial charge in [0.05, 0.1) is 25.2 Å². The molecule has 3 heterocycles. The van der Waals surface area contributed by atoms with Crippen LogP contribution in [0.2, 0.25) is 0 Å². The Bertz CT molecular complexity index is 1140. The van der Waals surface area contributed by atoms with E-state index in [2.05, 4.69) is 24.7 Å². The van der Waals surface area contributed by atoms with Gasteiger partial charge in [-0.25, -0.2) is 27.8 Å². The molecule has 4 rings (SSSR count). The zero-order chi connectivity index (χ0) is 21.1. The minimum absolute atomic E-state index is 0.130. The highest BCUT2D eigenvalue weighted by Gasteiger charge is 2.20. The van der Waals surface area contributed by atoms with E-state index in [4.69, 9.17) is 4.74 Å². The number of nitrogens with zero attached hydrogens (tertiary/aromatic N) is 5. The first-order valence-electron chi connectivity index (χ1n) is 10.1. The molecular weight excluding hydrogens is 404 g/mol. The largest absolute Gasteiger partial charge is 0.495 e. The Labute approximate surface area is 176 Å². The lowest BCUT2D eigenvalue weighted by Crippen LogP contribution is -2.30. The summed E-state index contributed by atoms with van der Waals surface area (Å²) >= 11 is 0. The first kappa shape index (κ1) is 20.5. The Kier molecular flexibility index (Phi) is 5.87. The Morgan fingerprint density at radius 2 is 1.97 bits per heavy atom. The maximum absolute atomic E-state index is 12.8. The number of hydrogen-bond acceptors (Lipinski definition) is 7. The number of aryl methyl sites for hydroxylation is 1. The van der Waals surface area contributed by atoms with E-state index in [0.717, 1.165) is 42.7 Å². The highest BCUT2D eigenvalue weighted by Crippen LogP contribution is 2.26. The summed E-state index contributed by atoms with van der Waals surface area (Å²) in [5, 5.41) is 5.31. The van der Waals surface area contributed by atoms with Gasteiger partial charge in [-0.3, -0.25) is 0 Å². The average Bonchev–Trinajstić information content (AvgIpc) is 3.17. The fourth-order valence-corrected chi connectivity index (χ4v) is 5.03. The second-order valence-corrected chi connectivity index (χ2v) is 9.14. The summed E-state index contributed by atoms with van der Waals surface area (Å²) in [5.41, 5.74) is 1.55. The van der Waals surface area contributed by atoms with Crippen LogP contribution in [-0.4, -0.2) is 54.9 Å². The molecule has 0 radical (unpaired) electrons. The van der Waals surface area contributed by atoms with E-state index in [0.29, 0.717) is 17.9 Å². The second kappa shape index (κ2) is 8.57. The van der Waals surface area contributed by atoms with E-state index >= 15 is 0 Å². The number of ether oxygens (including phenoxy) is 1. The molecule has 10 heteroatoms. The van der Waals surface area contributed by atoms with E-state index in [-0.39, 0.29) is 11.4 Å². The normalized spacial score (nSPS) is 14.9. The number of hydrogen-bond donors (Lipinski definition) is 1. The van der Waals surface area contributed by atoms with Crippen LogP contribution in [0, 0.1) is 6.92 Å². The number of rotatable bonds is 7. The smallest absolute Gasteiger partial charge is 0.244 e. The summed E-state index contributed by atoms with van der Waals surface area (Å²) in [6.45, 7) is 4.34. The number of sulfonamides is 1. The number of anilines is 1. The van der Waals surface area contributed by atoms with Gasteiger partial charge in [0.2, 0.25) is 10.0 Å². The zero-order valence-electron chi connectivity index (χ0n) is 17.2. The number of aromatic nitrogens is 4. The van der Waals surface area contributed by atoms with Crippen LogP contribution in [0.25, 0.3) is 11.0 Å². The highest BCUT2D eigenvalue weighted by atomic mass is 32.2. The molecule has 1 saturated heterocycles. The molecule has 0 atom stereocenters. The molecule has 0 saturated carbocycles. The number of benzene rings is 1. The topological polar surface area (TPSA) is 102 Å². The number of fused-ring (bicyclic) bond motifs is 1. The highest BCUT2D eigenvalue weighted by molar-refractivity contribution is 7.89. The lowest BCUT2D eigenvalue weighted by Gasteiger charge is -2.27. The van der Waals surface area contributed by atoms with Gasteiger partial charge < -0.3 is 9.64 Å². The van der Waals surface area contributed by atoms with E-state index < -0.39 is 10.0 Å². The predicted molar refractivity (Wildman–Crippen MR) is 114 cm³/mol. The van der Waals surface area contributed by atoms with Gasteiger partial charge in [0.1, 0.15) is 22.8 Å². The van der Waals surface area contributed by atoms with Crippen LogP contribution in [0.3, 0.4) is 0 Å². The lowest BCUT2D eigenvalue weighted by molar-refractivity contribution is 0.402. The van der Waals surface area contributed by atoms with Crippen LogP contribution in [0.4, 0.5) is 5.82 Å². The molecule has 1 fully saturated rings. The van der Waals surface area contributed by atoms with Crippen molar-refractivity contribution >= 4 is 26.9 Å². The molecule has 0 unspecified atom stereocenters. The van der Waals surface area contributed by atoms with Gasteiger partial charge in [-0.15, -0.1) is 0 Å². The van der Waals surface area contributed by atoms with Gasteiger partial charge in [0, 0.05) is 19.6 Å². The van der Waals surface area contributed by atoms with Gasteiger partial charge in [-0.1, -0.05) is 6.07 Å². The average molecular weight is 431 g/mol. The van der Waals surface area contributed by atoms with Crippen molar-refractivity contribution in [3.63, 3.8) is 0 Å². The van der Waals surface area contributed by atoms with Crippen molar-refractivity contribution in [2.75, 3.05) is 31.6 Å². The molecule has 0 aliphatic carbocycles. The summed E-state index contributed by atoms with van der Waals surface area (Å²) in [6.07, 6.45) is 6.87. The summed E-state index contributed by atoms with van der Waals surface area (Å²) in [5.74, 6) is 1.22. The van der Waals surface area contributed by atoms with Crippen molar-refractivity contribution in [3.05, 3.63) is 36.3 Å². The summed E-state index contributed by atoms with van der Waals surface area (Å²) in [6, 6.07) is 5.07. The number of nitrogens with one attached hydrogen (secondary N) is 1. The van der Waals surface area contributed by atoms with Crippen molar-refractivity contribution in [2.45, 2.75) is 37.6 Å². The molecule has 0 bridgehead atoms. The molecule has 0 amide bonds. The van der Waals surface area contributed by atoms with Crippen molar-refractivity contribution in [1.82, 2.24) is 24.5 Å². The second-order valence-electron chi connectivity index (χ2n) is 7.40. The molecule has 0 spiro atoms. The Balaban J connectivity index is 1.50. The molecule has 2 aromatic heterocycles. The van der Waals surface area contributed by atoms with Gasteiger partial charge >= 0.3 is 0 Å². The Morgan fingerprint density at radius 3 is 2.73 bits per heavy atom. The third-order valence-electron chi connectivity index (χ3n) is 5.29. The Hall–Kier alpha value is -2.72. The molecule has 1 aliphatic rings. The molecule has 160 valence electrons. The van der Waals surface area contributed by atoms with E-state index in [1.54, 1.807) is 29.3 Å². The van der Waals surface area contributed by atoms with Gasteiger partial charge in [-0.2, -0.15) is 5.10 Å². The van der Waals surface area contributed by atoms with Gasteiger partial charge in [-0.05, 0) is 43.9 Å². The molecule has 1 N–H and O–H groups in total. The van der Waals surface area contributed by atoms with Crippen molar-refractivity contribution in [3.8, 4) is 5.75 Å². The van der Waals surface area contributed by atoms with E-state index in [1.165, 1.54) is 13.5 Å². The lowest BCUT2D eigenvalue weighted by atomic mass is 10.1. The van der Waals surface area contributed by atoms with Crippen LogP contribution < -0.4 is 14.4 Å². The third-order valence-corrected chi connectivity index (χ3v) is 6.77. The molecule has 30 heavy (non-hydrogen) atoms. The maximum Gasteiger partial charge on any atom is 0.244 e. The van der Waals surface area contributed by atoms with Crippen LogP contribution in [0.15, 0.2) is 35.6 Å². The zero-order valence-corrected chi connectivity index (χ0v) is 18.0. The first-order valence-corrected chi connectivity index (χ1v) is 11.5. The van der Waals surface area contributed by atoms with Crippen LogP contribution in [-0.2, 0) is 16.6 Å².